The van der Waals surface area contributed by atoms with Gasteiger partial charge >= 0.3 is 5.97 Å². The second-order valence-corrected chi connectivity index (χ2v) is 15.0. The molecule has 2 unspecified atom stereocenters. The highest BCUT2D eigenvalue weighted by molar-refractivity contribution is 8.00. The number of rotatable bonds is 12. The van der Waals surface area contributed by atoms with Crippen molar-refractivity contribution in [1.82, 2.24) is 5.32 Å². The summed E-state index contributed by atoms with van der Waals surface area (Å²) in [4.78, 5) is 55.9. The molecule has 0 saturated heterocycles. The van der Waals surface area contributed by atoms with E-state index in [-0.39, 0.29) is 17.4 Å². The SMILES string of the molecule is COC(=O)c1c(NC(=O)C(Sc2cccc(NC(=O)/C(=C\c3ccc(O)cc3OC)NC(=O)c3ccccc3)c2)c2ccccc2)sc2c1CCC(C)C2. The third-order valence-corrected chi connectivity index (χ3v) is 11.3. The molecule has 4 N–H and O–H groups in total. The third kappa shape index (κ3) is 9.02. The van der Waals surface area contributed by atoms with Crippen molar-refractivity contribution >= 4 is 63.6 Å². The van der Waals surface area contributed by atoms with E-state index in [0.29, 0.717) is 43.9 Å². The zero-order valence-electron chi connectivity index (χ0n) is 29.9. The molecule has 1 aromatic heterocycles. The molecule has 54 heavy (non-hydrogen) atoms. The molecule has 0 spiro atoms. The first-order valence-corrected chi connectivity index (χ1v) is 18.9. The van der Waals surface area contributed by atoms with Crippen LogP contribution in [0.25, 0.3) is 6.08 Å². The summed E-state index contributed by atoms with van der Waals surface area (Å²) in [6.07, 6.45) is 4.01. The zero-order valence-corrected chi connectivity index (χ0v) is 31.5. The number of anilines is 2. The molecule has 0 bridgehead atoms. The fourth-order valence-corrected chi connectivity index (χ4v) is 8.62. The summed E-state index contributed by atoms with van der Waals surface area (Å²) >= 11 is 2.72. The number of benzene rings is 4. The van der Waals surface area contributed by atoms with Crippen LogP contribution in [0, 0.1) is 5.92 Å². The summed E-state index contributed by atoms with van der Waals surface area (Å²) in [5.41, 5.74) is 3.28. The minimum absolute atomic E-state index is 0.0202. The molecule has 0 fully saturated rings. The maximum absolute atomic E-state index is 14.2. The number of fused-ring (bicyclic) bond motifs is 1. The Bertz CT molecular complexity index is 2200. The number of phenols is 1. The van der Waals surface area contributed by atoms with Crippen LogP contribution in [-0.4, -0.2) is 43.0 Å². The molecular weight excluding hydrogens is 723 g/mol. The van der Waals surface area contributed by atoms with Gasteiger partial charge in [-0.1, -0.05) is 61.5 Å². The smallest absolute Gasteiger partial charge is 0.341 e. The summed E-state index contributed by atoms with van der Waals surface area (Å²) in [5.74, 6) is -1.13. The third-order valence-electron chi connectivity index (χ3n) is 8.87. The number of phenolic OH excluding ortho intramolecular Hbond substituents is 1. The number of ether oxygens (including phenoxy) is 2. The number of thiophene rings is 1. The van der Waals surface area contributed by atoms with Crippen LogP contribution >= 0.6 is 23.1 Å². The van der Waals surface area contributed by atoms with Gasteiger partial charge in [0.1, 0.15) is 27.4 Å². The quantitative estimate of drug-likeness (QED) is 0.0566. The van der Waals surface area contributed by atoms with Gasteiger partial charge in [0.2, 0.25) is 5.91 Å². The number of carbonyl (C=O) groups is 4. The number of hydrogen-bond acceptors (Lipinski definition) is 9. The molecule has 5 aromatic rings. The molecule has 276 valence electrons. The van der Waals surface area contributed by atoms with Gasteiger partial charge in [-0.15, -0.1) is 23.1 Å². The number of nitrogens with one attached hydrogen (secondary N) is 3. The second kappa shape index (κ2) is 17.3. The molecule has 10 nitrogen and oxygen atoms in total. The Morgan fingerprint density at radius 1 is 0.907 bits per heavy atom. The number of aromatic hydroxyl groups is 1. The molecule has 1 aliphatic rings. The maximum Gasteiger partial charge on any atom is 0.341 e. The van der Waals surface area contributed by atoms with Crippen LogP contribution in [0.15, 0.2) is 114 Å². The Hall–Kier alpha value is -5.85. The molecule has 0 aliphatic heterocycles. The summed E-state index contributed by atoms with van der Waals surface area (Å²) < 4.78 is 10.5. The van der Waals surface area contributed by atoms with Crippen molar-refractivity contribution in [3.05, 3.63) is 142 Å². The van der Waals surface area contributed by atoms with Gasteiger partial charge in [0.05, 0.1) is 19.8 Å². The molecule has 0 radical (unpaired) electrons. The summed E-state index contributed by atoms with van der Waals surface area (Å²) in [7, 11) is 2.78. The molecule has 12 heteroatoms. The Balaban J connectivity index is 1.27. The van der Waals surface area contributed by atoms with Gasteiger partial charge in [-0.3, -0.25) is 14.4 Å². The van der Waals surface area contributed by atoms with Crippen molar-refractivity contribution in [2.24, 2.45) is 5.92 Å². The highest BCUT2D eigenvalue weighted by Crippen LogP contribution is 2.42. The fourth-order valence-electron chi connectivity index (χ4n) is 6.13. The molecule has 1 heterocycles. The molecule has 3 amide bonds. The fraction of sp³-hybridized carbons (Fsp3) is 0.190. The van der Waals surface area contributed by atoms with Crippen LogP contribution in [0.1, 0.15) is 60.9 Å². The number of thioether (sulfide) groups is 1. The van der Waals surface area contributed by atoms with Crippen molar-refractivity contribution < 1.29 is 33.8 Å². The Morgan fingerprint density at radius 3 is 2.37 bits per heavy atom. The van der Waals surface area contributed by atoms with E-state index in [4.69, 9.17) is 9.47 Å². The lowest BCUT2D eigenvalue weighted by Gasteiger charge is -2.18. The Kier molecular flexibility index (Phi) is 12.2. The standard InChI is InChI=1S/C42H39N3O7S2/c1-25-17-20-32-35(21-25)54-41(36(32)42(50)52-3)45-40(49)37(26-11-6-4-7-12-26)53-31-16-10-15-29(23-31)43-39(48)33(44-38(47)27-13-8-5-9-14-27)22-28-18-19-30(46)24-34(28)51-2/h4-16,18-19,22-25,37,46H,17,20-21H2,1-3H3,(H,43,48)(H,44,47)(H,45,49)/b33-22+. The second-order valence-electron chi connectivity index (χ2n) is 12.7. The number of amides is 3. The van der Waals surface area contributed by atoms with Gasteiger partial charge < -0.3 is 30.5 Å². The molecular formula is C42H39N3O7S2. The van der Waals surface area contributed by atoms with E-state index in [1.54, 1.807) is 54.6 Å². The zero-order chi connectivity index (χ0) is 38.2. The first kappa shape index (κ1) is 37.9. The average Bonchev–Trinajstić information content (AvgIpc) is 3.54. The van der Waals surface area contributed by atoms with Gasteiger partial charge in [-0.25, -0.2) is 4.79 Å². The molecule has 2 atom stereocenters. The van der Waals surface area contributed by atoms with Crippen LogP contribution < -0.4 is 20.7 Å². The number of esters is 1. The minimum atomic E-state index is -0.719. The maximum atomic E-state index is 14.2. The van der Waals surface area contributed by atoms with E-state index in [0.717, 1.165) is 35.3 Å². The van der Waals surface area contributed by atoms with Crippen molar-refractivity contribution in [3.8, 4) is 11.5 Å². The summed E-state index contributed by atoms with van der Waals surface area (Å²) in [6.45, 7) is 2.18. The number of methoxy groups -OCH3 is 2. The Labute approximate surface area is 321 Å². The topological polar surface area (TPSA) is 143 Å². The predicted molar refractivity (Wildman–Crippen MR) is 212 cm³/mol. The monoisotopic (exact) mass is 761 g/mol. The molecule has 0 saturated carbocycles. The van der Waals surface area contributed by atoms with E-state index in [1.807, 2.05) is 36.4 Å². The van der Waals surface area contributed by atoms with Crippen molar-refractivity contribution in [3.63, 3.8) is 0 Å². The average molecular weight is 762 g/mol. The van der Waals surface area contributed by atoms with Gasteiger partial charge in [0.15, 0.2) is 0 Å². The molecule has 1 aliphatic carbocycles. The van der Waals surface area contributed by atoms with E-state index < -0.39 is 23.0 Å². The summed E-state index contributed by atoms with van der Waals surface area (Å²) in [5, 5.41) is 18.4. The lowest BCUT2D eigenvalue weighted by atomic mass is 9.88. The van der Waals surface area contributed by atoms with Gasteiger partial charge in [-0.05, 0) is 84.8 Å². The highest BCUT2D eigenvalue weighted by Gasteiger charge is 2.31. The van der Waals surface area contributed by atoms with E-state index in [2.05, 4.69) is 22.9 Å². The lowest BCUT2D eigenvalue weighted by molar-refractivity contribution is -0.116. The first-order chi connectivity index (χ1) is 26.1. The largest absolute Gasteiger partial charge is 0.508 e. The van der Waals surface area contributed by atoms with E-state index in [1.165, 1.54) is 55.5 Å². The van der Waals surface area contributed by atoms with Gasteiger partial charge in [0.25, 0.3) is 11.8 Å². The van der Waals surface area contributed by atoms with Crippen LogP contribution in [0.2, 0.25) is 0 Å². The van der Waals surface area contributed by atoms with Crippen LogP contribution in [0.5, 0.6) is 11.5 Å². The van der Waals surface area contributed by atoms with E-state index in [9.17, 15) is 24.3 Å². The Morgan fingerprint density at radius 2 is 1.65 bits per heavy atom. The number of carbonyl (C=O) groups excluding carboxylic acids is 4. The molecule has 6 rings (SSSR count). The minimum Gasteiger partial charge on any atom is -0.508 e. The lowest BCUT2D eigenvalue weighted by Crippen LogP contribution is -2.30. The predicted octanol–water partition coefficient (Wildman–Crippen LogP) is 8.26. The number of hydrogen-bond donors (Lipinski definition) is 4. The van der Waals surface area contributed by atoms with E-state index >= 15 is 0 Å². The van der Waals surface area contributed by atoms with Crippen molar-refractivity contribution in [2.45, 2.75) is 36.3 Å². The van der Waals surface area contributed by atoms with Crippen molar-refractivity contribution in [2.75, 3.05) is 24.9 Å². The van der Waals surface area contributed by atoms with Crippen molar-refractivity contribution in [1.29, 1.82) is 0 Å². The van der Waals surface area contributed by atoms with Crippen LogP contribution in [0.3, 0.4) is 0 Å². The van der Waals surface area contributed by atoms with Crippen LogP contribution in [-0.2, 0) is 27.2 Å². The van der Waals surface area contributed by atoms with Gasteiger partial charge in [-0.2, -0.15) is 0 Å². The molecule has 4 aromatic carbocycles. The van der Waals surface area contributed by atoms with Gasteiger partial charge in [0, 0.05) is 32.7 Å². The highest BCUT2D eigenvalue weighted by atomic mass is 32.2. The van der Waals surface area contributed by atoms with Crippen LogP contribution in [0.4, 0.5) is 10.7 Å². The first-order valence-electron chi connectivity index (χ1n) is 17.2. The normalized spacial score (nSPS) is 14.3. The summed E-state index contributed by atoms with van der Waals surface area (Å²) in [6, 6.07) is 29.3.